The fourth-order valence-corrected chi connectivity index (χ4v) is 2.57. The van der Waals surface area contributed by atoms with Crippen LogP contribution in [0.15, 0.2) is 18.2 Å². The maximum absolute atomic E-state index is 9.34. The lowest BCUT2D eigenvalue weighted by Crippen LogP contribution is -2.16. The van der Waals surface area contributed by atoms with E-state index >= 15 is 0 Å². The minimum atomic E-state index is -0.0167. The Bertz CT molecular complexity index is 348. The smallest absolute Gasteiger partial charge is 0.166 e. The Hall–Kier alpha value is -1.22. The number of benzene rings is 1. The van der Waals surface area contributed by atoms with Crippen LogP contribution in [0.5, 0.6) is 11.5 Å². The van der Waals surface area contributed by atoms with Gasteiger partial charge < -0.3 is 14.6 Å². The van der Waals surface area contributed by atoms with E-state index < -0.39 is 0 Å². The molecule has 18 heavy (non-hydrogen) atoms. The van der Waals surface area contributed by atoms with Crippen LogP contribution < -0.4 is 9.47 Å². The third-order valence-electron chi connectivity index (χ3n) is 3.64. The predicted octanol–water partition coefficient (Wildman–Crippen LogP) is 3.15. The SMILES string of the molecule is COc1cccc(CO)c1OCC1CCCCC1. The number of hydrogen-bond donors (Lipinski definition) is 1. The van der Waals surface area contributed by atoms with E-state index in [0.29, 0.717) is 17.4 Å². The van der Waals surface area contributed by atoms with Crippen LogP contribution in [0.3, 0.4) is 0 Å². The highest BCUT2D eigenvalue weighted by atomic mass is 16.5. The van der Waals surface area contributed by atoms with Crippen molar-refractivity contribution in [1.82, 2.24) is 0 Å². The summed E-state index contributed by atoms with van der Waals surface area (Å²) in [7, 11) is 1.63. The maximum atomic E-state index is 9.34. The monoisotopic (exact) mass is 250 g/mol. The van der Waals surface area contributed by atoms with Gasteiger partial charge in [0, 0.05) is 5.56 Å². The zero-order valence-electron chi connectivity index (χ0n) is 11.0. The molecule has 1 aromatic carbocycles. The van der Waals surface area contributed by atoms with Crippen molar-refractivity contribution in [1.29, 1.82) is 0 Å². The van der Waals surface area contributed by atoms with Crippen molar-refractivity contribution in [2.24, 2.45) is 5.92 Å². The molecule has 1 fully saturated rings. The molecule has 1 N–H and O–H groups in total. The predicted molar refractivity (Wildman–Crippen MR) is 71.0 cm³/mol. The van der Waals surface area contributed by atoms with Crippen LogP contribution in [0.1, 0.15) is 37.7 Å². The molecule has 0 aliphatic heterocycles. The Kier molecular flexibility index (Phi) is 4.88. The van der Waals surface area contributed by atoms with Gasteiger partial charge in [0.15, 0.2) is 11.5 Å². The van der Waals surface area contributed by atoms with Gasteiger partial charge in [0.2, 0.25) is 0 Å². The van der Waals surface area contributed by atoms with Crippen molar-refractivity contribution in [3.63, 3.8) is 0 Å². The molecule has 0 atom stereocenters. The van der Waals surface area contributed by atoms with E-state index in [1.165, 1.54) is 32.1 Å². The van der Waals surface area contributed by atoms with Gasteiger partial charge >= 0.3 is 0 Å². The summed E-state index contributed by atoms with van der Waals surface area (Å²) in [6.45, 7) is 0.713. The Morgan fingerprint density at radius 1 is 1.22 bits per heavy atom. The van der Waals surface area contributed by atoms with Gasteiger partial charge in [-0.05, 0) is 24.8 Å². The lowest BCUT2D eigenvalue weighted by Gasteiger charge is -2.23. The second kappa shape index (κ2) is 6.64. The standard InChI is InChI=1S/C15H22O3/c1-17-14-9-5-8-13(10-16)15(14)18-11-12-6-3-2-4-7-12/h5,8-9,12,16H,2-4,6-7,10-11H2,1H3. The first-order valence-corrected chi connectivity index (χ1v) is 6.74. The third kappa shape index (κ3) is 3.16. The highest BCUT2D eigenvalue weighted by Gasteiger charge is 2.16. The third-order valence-corrected chi connectivity index (χ3v) is 3.64. The molecule has 2 rings (SSSR count). The van der Waals surface area contributed by atoms with Crippen LogP contribution in [0, 0.1) is 5.92 Å². The second-order valence-corrected chi connectivity index (χ2v) is 4.92. The van der Waals surface area contributed by atoms with Crippen molar-refractivity contribution in [2.75, 3.05) is 13.7 Å². The number of aliphatic hydroxyl groups excluding tert-OH is 1. The van der Waals surface area contributed by atoms with E-state index in [1.807, 2.05) is 18.2 Å². The first kappa shape index (κ1) is 13.2. The second-order valence-electron chi connectivity index (χ2n) is 4.92. The quantitative estimate of drug-likeness (QED) is 0.872. The van der Waals surface area contributed by atoms with Crippen LogP contribution in [-0.4, -0.2) is 18.8 Å². The number of rotatable bonds is 5. The summed E-state index contributed by atoms with van der Waals surface area (Å²) in [5.74, 6) is 2.06. The molecule has 0 amide bonds. The van der Waals surface area contributed by atoms with Gasteiger partial charge in [0.25, 0.3) is 0 Å². The molecule has 0 aromatic heterocycles. The average molecular weight is 250 g/mol. The van der Waals surface area contributed by atoms with E-state index in [-0.39, 0.29) is 6.61 Å². The van der Waals surface area contributed by atoms with E-state index in [2.05, 4.69) is 0 Å². The molecule has 3 nitrogen and oxygen atoms in total. The first-order chi connectivity index (χ1) is 8.85. The van der Waals surface area contributed by atoms with Crippen molar-refractivity contribution in [3.05, 3.63) is 23.8 Å². The largest absolute Gasteiger partial charge is 0.493 e. The van der Waals surface area contributed by atoms with E-state index in [0.717, 1.165) is 12.2 Å². The molecule has 0 spiro atoms. The van der Waals surface area contributed by atoms with Gasteiger partial charge in [0.05, 0.1) is 20.3 Å². The highest BCUT2D eigenvalue weighted by molar-refractivity contribution is 5.46. The van der Waals surface area contributed by atoms with Crippen LogP contribution in [0.2, 0.25) is 0 Å². The summed E-state index contributed by atoms with van der Waals surface area (Å²) < 4.78 is 11.2. The zero-order valence-corrected chi connectivity index (χ0v) is 11.0. The summed E-state index contributed by atoms with van der Waals surface area (Å²) in [6, 6.07) is 5.62. The molecule has 0 radical (unpaired) electrons. The van der Waals surface area contributed by atoms with Crippen molar-refractivity contribution in [3.8, 4) is 11.5 Å². The van der Waals surface area contributed by atoms with Gasteiger partial charge in [-0.1, -0.05) is 31.4 Å². The van der Waals surface area contributed by atoms with Crippen molar-refractivity contribution < 1.29 is 14.6 Å². The van der Waals surface area contributed by atoms with E-state index in [4.69, 9.17) is 9.47 Å². The number of ether oxygens (including phenoxy) is 2. The minimum absolute atomic E-state index is 0.0167. The molecule has 0 bridgehead atoms. The number of hydrogen-bond acceptors (Lipinski definition) is 3. The molecule has 1 aliphatic carbocycles. The Morgan fingerprint density at radius 3 is 2.67 bits per heavy atom. The van der Waals surface area contributed by atoms with E-state index in [1.54, 1.807) is 7.11 Å². The molecule has 0 saturated heterocycles. The number of para-hydroxylation sites is 1. The Balaban J connectivity index is 2.02. The summed E-state index contributed by atoms with van der Waals surface area (Å²) in [5.41, 5.74) is 0.796. The lowest BCUT2D eigenvalue weighted by atomic mass is 9.90. The fraction of sp³-hybridized carbons (Fsp3) is 0.600. The minimum Gasteiger partial charge on any atom is -0.493 e. The van der Waals surface area contributed by atoms with Gasteiger partial charge in [0.1, 0.15) is 0 Å². The van der Waals surface area contributed by atoms with E-state index in [9.17, 15) is 5.11 Å². The Morgan fingerprint density at radius 2 is 2.00 bits per heavy atom. The summed E-state index contributed by atoms with van der Waals surface area (Å²) in [6.07, 6.45) is 6.49. The van der Waals surface area contributed by atoms with Crippen LogP contribution in [0.25, 0.3) is 0 Å². The number of methoxy groups -OCH3 is 1. The van der Waals surface area contributed by atoms with Crippen molar-refractivity contribution in [2.45, 2.75) is 38.7 Å². The Labute approximate surface area is 109 Å². The maximum Gasteiger partial charge on any atom is 0.166 e. The van der Waals surface area contributed by atoms with Gasteiger partial charge in [-0.3, -0.25) is 0 Å². The molecular formula is C15H22O3. The molecule has 0 heterocycles. The molecular weight excluding hydrogens is 228 g/mol. The first-order valence-electron chi connectivity index (χ1n) is 6.74. The van der Waals surface area contributed by atoms with Gasteiger partial charge in [-0.25, -0.2) is 0 Å². The zero-order chi connectivity index (χ0) is 12.8. The fourth-order valence-electron chi connectivity index (χ4n) is 2.57. The van der Waals surface area contributed by atoms with Crippen LogP contribution in [0.4, 0.5) is 0 Å². The van der Waals surface area contributed by atoms with Crippen LogP contribution >= 0.6 is 0 Å². The van der Waals surface area contributed by atoms with Gasteiger partial charge in [-0.2, -0.15) is 0 Å². The molecule has 1 aromatic rings. The molecule has 0 unspecified atom stereocenters. The normalized spacial score (nSPS) is 16.6. The summed E-state index contributed by atoms with van der Waals surface area (Å²) in [5, 5.41) is 9.34. The molecule has 1 aliphatic rings. The molecule has 3 heteroatoms. The van der Waals surface area contributed by atoms with Crippen LogP contribution in [-0.2, 0) is 6.61 Å². The highest BCUT2D eigenvalue weighted by Crippen LogP contribution is 2.32. The topological polar surface area (TPSA) is 38.7 Å². The average Bonchev–Trinajstić information content (AvgIpc) is 2.45. The molecule has 1 saturated carbocycles. The van der Waals surface area contributed by atoms with Crippen molar-refractivity contribution >= 4 is 0 Å². The summed E-state index contributed by atoms with van der Waals surface area (Å²) in [4.78, 5) is 0. The number of aliphatic hydroxyl groups is 1. The molecule has 100 valence electrons. The lowest BCUT2D eigenvalue weighted by molar-refractivity contribution is 0.195. The van der Waals surface area contributed by atoms with Gasteiger partial charge in [-0.15, -0.1) is 0 Å². The summed E-state index contributed by atoms with van der Waals surface area (Å²) >= 11 is 0.